The predicted octanol–water partition coefficient (Wildman–Crippen LogP) is 2.97. The van der Waals surface area contributed by atoms with E-state index in [1.165, 1.54) is 0 Å². The lowest BCUT2D eigenvalue weighted by molar-refractivity contribution is -0.121. The maximum absolute atomic E-state index is 12.3. The number of methoxy groups -OCH3 is 1. The number of carbonyl (C=O) groups excluding carboxylic acids is 3. The summed E-state index contributed by atoms with van der Waals surface area (Å²) in [7, 11) is 1.55. The molecule has 3 amide bonds. The smallest absolute Gasteiger partial charge is 0.269 e. The molecular formula is C25H24N4O5S. The third-order valence-electron chi connectivity index (χ3n) is 4.66. The van der Waals surface area contributed by atoms with E-state index < -0.39 is 11.8 Å². The van der Waals surface area contributed by atoms with Crippen LogP contribution in [0.4, 0.5) is 5.69 Å². The van der Waals surface area contributed by atoms with Crippen LogP contribution in [-0.4, -0.2) is 36.6 Å². The molecule has 3 rings (SSSR count). The standard InChI is InChI=1S/C25H24N4O5S/c1-16-4-3-5-18(14-16)23(31)26-19-8-6-17(7-9-19)24(32)28-29-25(35)27-22(30)15-34-21-12-10-20(33-2)11-13-21/h3-14H,15H2,1-2H3,(H,26,31)(H,28,32)(H2,27,29,30,35). The quantitative estimate of drug-likeness (QED) is 0.296. The van der Waals surface area contributed by atoms with Crippen LogP contribution in [0.25, 0.3) is 0 Å². The van der Waals surface area contributed by atoms with E-state index in [0.29, 0.717) is 28.3 Å². The molecular weight excluding hydrogens is 468 g/mol. The molecule has 0 aromatic heterocycles. The van der Waals surface area contributed by atoms with Gasteiger partial charge >= 0.3 is 0 Å². The molecule has 0 unspecified atom stereocenters. The van der Waals surface area contributed by atoms with E-state index in [9.17, 15) is 14.4 Å². The third-order valence-corrected chi connectivity index (χ3v) is 4.86. The predicted molar refractivity (Wildman–Crippen MR) is 135 cm³/mol. The van der Waals surface area contributed by atoms with Gasteiger partial charge in [-0.25, -0.2) is 0 Å². The molecule has 4 N–H and O–H groups in total. The first-order valence-corrected chi connectivity index (χ1v) is 10.9. The molecule has 0 radical (unpaired) electrons. The van der Waals surface area contributed by atoms with Gasteiger partial charge in [-0.15, -0.1) is 0 Å². The molecule has 0 spiro atoms. The Morgan fingerprint density at radius 3 is 2.17 bits per heavy atom. The van der Waals surface area contributed by atoms with Crippen LogP contribution in [0.2, 0.25) is 0 Å². The Hall–Kier alpha value is -4.44. The first kappa shape index (κ1) is 25.2. The maximum atomic E-state index is 12.3. The Morgan fingerprint density at radius 2 is 1.51 bits per heavy atom. The van der Waals surface area contributed by atoms with E-state index in [4.69, 9.17) is 21.7 Å². The van der Waals surface area contributed by atoms with Gasteiger partial charge in [-0.2, -0.15) is 0 Å². The van der Waals surface area contributed by atoms with Gasteiger partial charge in [-0.05, 0) is 79.8 Å². The summed E-state index contributed by atoms with van der Waals surface area (Å²) in [5.41, 5.74) is 7.24. The van der Waals surface area contributed by atoms with Gasteiger partial charge in [-0.3, -0.25) is 30.6 Å². The Balaban J connectivity index is 1.41. The fourth-order valence-electron chi connectivity index (χ4n) is 2.89. The molecule has 3 aromatic rings. The molecule has 9 nitrogen and oxygen atoms in total. The van der Waals surface area contributed by atoms with Crippen LogP contribution < -0.4 is 31.0 Å². The van der Waals surface area contributed by atoms with E-state index in [1.807, 2.05) is 19.1 Å². The van der Waals surface area contributed by atoms with Crippen molar-refractivity contribution in [1.82, 2.24) is 16.2 Å². The van der Waals surface area contributed by atoms with Crippen LogP contribution in [0.1, 0.15) is 26.3 Å². The summed E-state index contributed by atoms with van der Waals surface area (Å²) in [6.07, 6.45) is 0. The average molecular weight is 493 g/mol. The summed E-state index contributed by atoms with van der Waals surface area (Å²) in [5, 5.41) is 5.09. The second kappa shape index (κ2) is 12.1. The van der Waals surface area contributed by atoms with E-state index in [-0.39, 0.29) is 17.6 Å². The first-order chi connectivity index (χ1) is 16.8. The Bertz CT molecular complexity index is 1210. The number of benzene rings is 3. The number of rotatable bonds is 7. The fourth-order valence-corrected chi connectivity index (χ4v) is 3.06. The molecule has 3 aromatic carbocycles. The van der Waals surface area contributed by atoms with Gasteiger partial charge < -0.3 is 14.8 Å². The van der Waals surface area contributed by atoms with E-state index >= 15 is 0 Å². The highest BCUT2D eigenvalue weighted by atomic mass is 32.1. The minimum absolute atomic E-state index is 0.0938. The summed E-state index contributed by atoms with van der Waals surface area (Å²) < 4.78 is 10.4. The molecule has 0 aliphatic heterocycles. The molecule has 0 bridgehead atoms. The molecule has 0 atom stereocenters. The molecule has 35 heavy (non-hydrogen) atoms. The minimum Gasteiger partial charge on any atom is -0.497 e. The summed E-state index contributed by atoms with van der Waals surface area (Å²) >= 11 is 5.01. The summed E-state index contributed by atoms with van der Waals surface area (Å²) in [6, 6.07) is 20.3. The first-order valence-electron chi connectivity index (χ1n) is 10.5. The second-order valence-electron chi connectivity index (χ2n) is 7.32. The SMILES string of the molecule is COc1ccc(OCC(=O)NC(=S)NNC(=O)c2ccc(NC(=O)c3cccc(C)c3)cc2)cc1. The second-order valence-corrected chi connectivity index (χ2v) is 7.73. The fraction of sp³-hybridized carbons (Fsp3) is 0.120. The van der Waals surface area contributed by atoms with Gasteiger partial charge in [0.2, 0.25) is 0 Å². The number of anilines is 1. The summed E-state index contributed by atoms with van der Waals surface area (Å²) in [4.78, 5) is 36.6. The minimum atomic E-state index is -0.499. The zero-order valence-corrected chi connectivity index (χ0v) is 19.9. The van der Waals surface area contributed by atoms with Crippen LogP contribution >= 0.6 is 12.2 Å². The highest BCUT2D eigenvalue weighted by molar-refractivity contribution is 7.80. The molecule has 10 heteroatoms. The zero-order valence-electron chi connectivity index (χ0n) is 19.1. The lowest BCUT2D eigenvalue weighted by atomic mass is 10.1. The largest absolute Gasteiger partial charge is 0.497 e. The van der Waals surface area contributed by atoms with Gasteiger partial charge in [0.05, 0.1) is 7.11 Å². The van der Waals surface area contributed by atoms with E-state index in [2.05, 4.69) is 21.5 Å². The molecule has 180 valence electrons. The van der Waals surface area contributed by atoms with E-state index in [0.717, 1.165) is 5.56 Å². The molecule has 0 saturated heterocycles. The van der Waals surface area contributed by atoms with Gasteiger partial charge in [-0.1, -0.05) is 17.7 Å². The number of ether oxygens (including phenoxy) is 2. The number of hydrogen-bond donors (Lipinski definition) is 4. The third kappa shape index (κ3) is 7.83. The summed E-state index contributed by atoms with van der Waals surface area (Å²) in [6.45, 7) is 1.64. The molecule has 0 aliphatic carbocycles. The van der Waals surface area contributed by atoms with Crippen LogP contribution in [0, 0.1) is 6.92 Å². The lowest BCUT2D eigenvalue weighted by Crippen LogP contribution is -2.49. The Morgan fingerprint density at radius 1 is 0.829 bits per heavy atom. The van der Waals surface area contributed by atoms with Crippen LogP contribution in [-0.2, 0) is 4.79 Å². The van der Waals surface area contributed by atoms with Crippen molar-refractivity contribution in [2.45, 2.75) is 6.92 Å². The van der Waals surface area contributed by atoms with Crippen molar-refractivity contribution in [3.63, 3.8) is 0 Å². The van der Waals surface area contributed by atoms with Gasteiger partial charge in [0.1, 0.15) is 11.5 Å². The van der Waals surface area contributed by atoms with Crippen LogP contribution in [0.15, 0.2) is 72.8 Å². The van der Waals surface area contributed by atoms with Gasteiger partial charge in [0.15, 0.2) is 11.7 Å². The molecule has 0 saturated carbocycles. The van der Waals surface area contributed by atoms with Crippen LogP contribution in [0.5, 0.6) is 11.5 Å². The highest BCUT2D eigenvalue weighted by Crippen LogP contribution is 2.16. The number of carbonyl (C=O) groups is 3. The van der Waals surface area contributed by atoms with E-state index in [1.54, 1.807) is 67.8 Å². The number of nitrogens with one attached hydrogen (secondary N) is 4. The van der Waals surface area contributed by atoms with Crippen molar-refractivity contribution in [2.75, 3.05) is 19.0 Å². The summed E-state index contributed by atoms with van der Waals surface area (Å²) in [5.74, 6) is -0.0604. The van der Waals surface area contributed by atoms with Crippen LogP contribution in [0.3, 0.4) is 0 Å². The molecule has 0 aliphatic rings. The lowest BCUT2D eigenvalue weighted by Gasteiger charge is -2.12. The monoisotopic (exact) mass is 492 g/mol. The van der Waals surface area contributed by atoms with Crippen molar-refractivity contribution in [1.29, 1.82) is 0 Å². The number of aryl methyl sites for hydroxylation is 1. The normalized spacial score (nSPS) is 10.0. The molecule has 0 heterocycles. The van der Waals surface area contributed by atoms with Crippen molar-refractivity contribution in [3.05, 3.63) is 89.5 Å². The Labute approximate surface area is 207 Å². The maximum Gasteiger partial charge on any atom is 0.269 e. The van der Waals surface area contributed by atoms with Gasteiger partial charge in [0.25, 0.3) is 17.7 Å². The highest BCUT2D eigenvalue weighted by Gasteiger charge is 2.10. The van der Waals surface area contributed by atoms with Crippen molar-refractivity contribution in [3.8, 4) is 11.5 Å². The topological polar surface area (TPSA) is 118 Å². The molecule has 0 fully saturated rings. The van der Waals surface area contributed by atoms with Crippen molar-refractivity contribution >= 4 is 40.7 Å². The van der Waals surface area contributed by atoms with Gasteiger partial charge in [0, 0.05) is 16.8 Å². The van der Waals surface area contributed by atoms with Crippen molar-refractivity contribution < 1.29 is 23.9 Å². The zero-order chi connectivity index (χ0) is 25.2. The van der Waals surface area contributed by atoms with Crippen molar-refractivity contribution in [2.24, 2.45) is 0 Å². The number of hydrazine groups is 1. The Kier molecular flexibility index (Phi) is 8.74. The number of hydrogen-bond acceptors (Lipinski definition) is 6. The number of amides is 3. The average Bonchev–Trinajstić information content (AvgIpc) is 2.86. The number of thiocarbonyl (C=S) groups is 1.